The first-order valence-corrected chi connectivity index (χ1v) is 12.5. The van der Waals surface area contributed by atoms with Crippen molar-refractivity contribution >= 4 is 11.1 Å². The van der Waals surface area contributed by atoms with Crippen LogP contribution < -0.4 is 9.47 Å². The van der Waals surface area contributed by atoms with E-state index in [1.54, 1.807) is 31.4 Å². The van der Waals surface area contributed by atoms with Gasteiger partial charge in [-0.2, -0.15) is 0 Å². The summed E-state index contributed by atoms with van der Waals surface area (Å²) in [5.74, 6) is 2.86. The Morgan fingerprint density at radius 1 is 0.818 bits per heavy atom. The van der Waals surface area contributed by atoms with Crippen molar-refractivity contribution in [1.82, 2.24) is 0 Å². The molecule has 0 aliphatic heterocycles. The Kier molecular flexibility index (Phi) is 6.64. The predicted octanol–water partition coefficient (Wildman–Crippen LogP) is 7.20. The zero-order chi connectivity index (χ0) is 23.6. The molecule has 0 radical (unpaired) electrons. The van der Waals surface area contributed by atoms with Gasteiger partial charge in [0, 0.05) is 5.41 Å². The minimum Gasteiger partial charge on any atom is -0.497 e. The smallest absolute Gasteiger partial charge is 0.186 e. The van der Waals surface area contributed by atoms with Gasteiger partial charge in [-0.05, 0) is 90.3 Å². The molecule has 174 valence electrons. The molecular formula is C28H32O4S. The molecule has 33 heavy (non-hydrogen) atoms. The second-order valence-corrected chi connectivity index (χ2v) is 11.0. The molecule has 4 rings (SSSR count). The Labute approximate surface area is 199 Å². The number of hydrogen-bond acceptors (Lipinski definition) is 3. The Morgan fingerprint density at radius 2 is 1.30 bits per heavy atom. The van der Waals surface area contributed by atoms with Gasteiger partial charge in [0.25, 0.3) is 0 Å². The molecule has 0 bridgehead atoms. The van der Waals surface area contributed by atoms with Crippen molar-refractivity contribution in [1.29, 1.82) is 0 Å². The molecule has 1 saturated carbocycles. The van der Waals surface area contributed by atoms with Gasteiger partial charge in [0.15, 0.2) is 11.1 Å². The van der Waals surface area contributed by atoms with Crippen LogP contribution in [0.2, 0.25) is 0 Å². The third kappa shape index (κ3) is 5.15. The van der Waals surface area contributed by atoms with Crippen LogP contribution in [0, 0.1) is 11.3 Å². The summed E-state index contributed by atoms with van der Waals surface area (Å²) in [6, 6.07) is 23.6. The van der Waals surface area contributed by atoms with Gasteiger partial charge in [-0.1, -0.05) is 45.0 Å². The monoisotopic (exact) mass is 464 g/mol. The van der Waals surface area contributed by atoms with E-state index in [-0.39, 0.29) is 10.8 Å². The maximum atomic E-state index is 11.2. The highest BCUT2D eigenvalue weighted by Crippen LogP contribution is 2.53. The van der Waals surface area contributed by atoms with E-state index in [0.717, 1.165) is 24.3 Å². The molecule has 1 fully saturated rings. The molecule has 1 aliphatic rings. The maximum absolute atomic E-state index is 11.2. The van der Waals surface area contributed by atoms with E-state index >= 15 is 0 Å². The van der Waals surface area contributed by atoms with Crippen molar-refractivity contribution in [3.05, 3.63) is 83.9 Å². The van der Waals surface area contributed by atoms with Gasteiger partial charge in [0.1, 0.15) is 17.2 Å². The van der Waals surface area contributed by atoms with Crippen molar-refractivity contribution in [3.63, 3.8) is 0 Å². The molecular weight excluding hydrogens is 432 g/mol. The average Bonchev–Trinajstić information content (AvgIpc) is 2.78. The second kappa shape index (κ2) is 9.32. The molecule has 3 aromatic rings. The summed E-state index contributed by atoms with van der Waals surface area (Å²) in [5.41, 5.74) is 2.79. The van der Waals surface area contributed by atoms with Crippen LogP contribution in [-0.4, -0.2) is 15.9 Å². The zero-order valence-corrected chi connectivity index (χ0v) is 20.5. The zero-order valence-electron chi connectivity index (χ0n) is 19.7. The first-order chi connectivity index (χ1) is 15.7. The Hall–Kier alpha value is -2.63. The van der Waals surface area contributed by atoms with Crippen LogP contribution in [0.4, 0.5) is 0 Å². The van der Waals surface area contributed by atoms with E-state index in [1.165, 1.54) is 17.5 Å². The van der Waals surface area contributed by atoms with Gasteiger partial charge in [-0.3, -0.25) is 0 Å². The van der Waals surface area contributed by atoms with Crippen LogP contribution in [0.15, 0.2) is 77.7 Å². The first kappa shape index (κ1) is 23.5. The molecule has 5 heteroatoms. The van der Waals surface area contributed by atoms with E-state index in [2.05, 4.69) is 57.2 Å². The number of methoxy groups -OCH3 is 1. The molecule has 0 aromatic heterocycles. The van der Waals surface area contributed by atoms with Gasteiger partial charge >= 0.3 is 0 Å². The van der Waals surface area contributed by atoms with Crippen LogP contribution >= 0.6 is 0 Å². The summed E-state index contributed by atoms with van der Waals surface area (Å²) < 4.78 is 31.8. The highest BCUT2D eigenvalue weighted by Gasteiger charge is 2.45. The van der Waals surface area contributed by atoms with E-state index < -0.39 is 11.1 Å². The fraction of sp³-hybridized carbons (Fsp3) is 0.357. The normalized spacial score (nSPS) is 23.0. The average molecular weight is 465 g/mol. The lowest BCUT2D eigenvalue weighted by Crippen LogP contribution is -2.41. The molecule has 0 heterocycles. The third-order valence-corrected chi connectivity index (χ3v) is 7.36. The molecule has 3 aromatic carbocycles. The van der Waals surface area contributed by atoms with Gasteiger partial charge in [-0.25, -0.2) is 4.21 Å². The molecule has 3 unspecified atom stereocenters. The highest BCUT2D eigenvalue weighted by atomic mass is 32.2. The van der Waals surface area contributed by atoms with Crippen molar-refractivity contribution in [2.45, 2.75) is 50.3 Å². The van der Waals surface area contributed by atoms with E-state index in [1.807, 2.05) is 12.1 Å². The molecule has 3 atom stereocenters. The fourth-order valence-electron chi connectivity index (χ4n) is 5.69. The second-order valence-electron chi connectivity index (χ2n) is 10.0. The van der Waals surface area contributed by atoms with Crippen molar-refractivity contribution < 1.29 is 18.2 Å². The Balaban J connectivity index is 1.66. The number of rotatable bonds is 6. The van der Waals surface area contributed by atoms with Gasteiger partial charge in [0.2, 0.25) is 0 Å². The SMILES string of the molecule is COc1ccc(C2(c3ccc(Oc4ccc(S(=O)O)cc4)cc3)CC(C)CC(C)(C)C2)cc1. The van der Waals surface area contributed by atoms with E-state index in [0.29, 0.717) is 16.6 Å². The summed E-state index contributed by atoms with van der Waals surface area (Å²) in [5, 5.41) is 0. The first-order valence-electron chi connectivity index (χ1n) is 11.3. The quantitative estimate of drug-likeness (QED) is 0.392. The summed E-state index contributed by atoms with van der Waals surface area (Å²) in [6.07, 6.45) is 3.40. The highest BCUT2D eigenvalue weighted by molar-refractivity contribution is 7.79. The number of ether oxygens (including phenoxy) is 2. The summed E-state index contributed by atoms with van der Waals surface area (Å²) in [6.45, 7) is 7.11. The number of benzene rings is 3. The predicted molar refractivity (Wildman–Crippen MR) is 133 cm³/mol. The number of hydrogen-bond donors (Lipinski definition) is 1. The van der Waals surface area contributed by atoms with Gasteiger partial charge in [-0.15, -0.1) is 0 Å². The van der Waals surface area contributed by atoms with E-state index in [9.17, 15) is 8.76 Å². The minimum absolute atomic E-state index is 0.0706. The van der Waals surface area contributed by atoms with Gasteiger partial charge in [0.05, 0.1) is 12.0 Å². The standard InChI is InChI=1S/C28H32O4S/c1-20-17-27(2,3)19-28(18-20,21-5-9-23(31-4)10-6-21)22-7-11-24(12-8-22)32-25-13-15-26(16-14-25)33(29)30/h5-16,20H,17-19H2,1-4H3,(H,29,30). The Morgan fingerprint density at radius 3 is 1.76 bits per heavy atom. The summed E-state index contributed by atoms with van der Waals surface area (Å²) in [7, 11) is 1.70. The maximum Gasteiger partial charge on any atom is 0.186 e. The van der Waals surface area contributed by atoms with Crippen LogP contribution in [0.1, 0.15) is 51.2 Å². The van der Waals surface area contributed by atoms with Crippen LogP contribution in [-0.2, 0) is 16.5 Å². The van der Waals surface area contributed by atoms with Crippen LogP contribution in [0.25, 0.3) is 0 Å². The molecule has 1 aliphatic carbocycles. The van der Waals surface area contributed by atoms with E-state index in [4.69, 9.17) is 9.47 Å². The van der Waals surface area contributed by atoms with Crippen molar-refractivity contribution in [2.24, 2.45) is 11.3 Å². The topological polar surface area (TPSA) is 55.8 Å². The summed E-state index contributed by atoms with van der Waals surface area (Å²) >= 11 is -1.99. The molecule has 0 spiro atoms. The third-order valence-electron chi connectivity index (χ3n) is 6.69. The van der Waals surface area contributed by atoms with Crippen LogP contribution in [0.5, 0.6) is 17.2 Å². The largest absolute Gasteiger partial charge is 0.497 e. The molecule has 4 nitrogen and oxygen atoms in total. The summed E-state index contributed by atoms with van der Waals surface area (Å²) in [4.78, 5) is 0.355. The lowest BCUT2D eigenvalue weighted by Gasteiger charge is -2.48. The molecule has 0 saturated heterocycles. The Bertz CT molecular complexity index is 1100. The van der Waals surface area contributed by atoms with Gasteiger partial charge < -0.3 is 14.0 Å². The molecule has 1 N–H and O–H groups in total. The minimum atomic E-state index is -1.99. The lowest BCUT2D eigenvalue weighted by molar-refractivity contribution is 0.127. The fourth-order valence-corrected chi connectivity index (χ4v) is 6.06. The lowest BCUT2D eigenvalue weighted by atomic mass is 9.55. The van der Waals surface area contributed by atoms with Crippen molar-refractivity contribution in [3.8, 4) is 17.2 Å². The molecule has 0 amide bonds. The van der Waals surface area contributed by atoms with Crippen LogP contribution in [0.3, 0.4) is 0 Å². The van der Waals surface area contributed by atoms with Crippen molar-refractivity contribution in [2.75, 3.05) is 7.11 Å².